The van der Waals surface area contributed by atoms with Gasteiger partial charge in [0.05, 0.1) is 23.3 Å². The van der Waals surface area contributed by atoms with Crippen molar-refractivity contribution in [3.63, 3.8) is 0 Å². The van der Waals surface area contributed by atoms with Crippen molar-refractivity contribution in [2.24, 2.45) is 5.92 Å². The second kappa shape index (κ2) is 13.9. The molecule has 0 bridgehead atoms. The Kier molecular flexibility index (Phi) is 10.0. The Bertz CT molecular complexity index is 1480. The van der Waals surface area contributed by atoms with Gasteiger partial charge in [0.2, 0.25) is 11.8 Å². The summed E-state index contributed by atoms with van der Waals surface area (Å²) >= 11 is 2.03. The number of amides is 2. The summed E-state index contributed by atoms with van der Waals surface area (Å²) in [5.41, 5.74) is 2.74. The summed E-state index contributed by atoms with van der Waals surface area (Å²) in [6.45, 7) is 0.191. The number of methoxy groups -OCH3 is 1. The smallest absolute Gasteiger partial charge is 0.247 e. The monoisotopic (exact) mass is 701 g/mol. The lowest BCUT2D eigenvalue weighted by atomic mass is 9.82. The van der Waals surface area contributed by atoms with Gasteiger partial charge in [0.1, 0.15) is 18.5 Å². The first-order chi connectivity index (χ1) is 20.8. The second-order valence-electron chi connectivity index (χ2n) is 11.0. The number of ether oxygens (including phenoxy) is 2. The molecule has 11 heteroatoms. The molecule has 0 spiro atoms. The molecule has 4 N–H and O–H groups in total. The van der Waals surface area contributed by atoms with Crippen LogP contribution in [0.5, 0.6) is 11.5 Å². The van der Waals surface area contributed by atoms with Gasteiger partial charge >= 0.3 is 0 Å². The number of halogens is 1. The van der Waals surface area contributed by atoms with E-state index in [1.54, 1.807) is 23.1 Å². The third-order valence-corrected chi connectivity index (χ3v) is 9.00. The van der Waals surface area contributed by atoms with Crippen LogP contribution in [0.15, 0.2) is 54.1 Å². The van der Waals surface area contributed by atoms with Crippen LogP contribution in [0, 0.1) is 9.49 Å². The van der Waals surface area contributed by atoms with Crippen molar-refractivity contribution in [1.29, 1.82) is 0 Å². The van der Waals surface area contributed by atoms with E-state index in [1.165, 1.54) is 7.11 Å². The van der Waals surface area contributed by atoms with Crippen molar-refractivity contribution in [3.05, 3.63) is 68.9 Å². The molecule has 2 aliphatic rings. The third-order valence-electron chi connectivity index (χ3n) is 8.20. The quantitative estimate of drug-likeness (QED) is 0.168. The molecule has 2 aromatic carbocycles. The molecule has 1 saturated carbocycles. The van der Waals surface area contributed by atoms with Crippen LogP contribution in [0.2, 0.25) is 0 Å². The average Bonchev–Trinajstić information content (AvgIpc) is 3.40. The Morgan fingerprint density at radius 2 is 2.00 bits per heavy atom. The molecule has 0 aliphatic heterocycles. The number of nitrogens with zero attached hydrogens (tertiary/aromatic N) is 1. The number of benzene rings is 2. The first-order valence-electron chi connectivity index (χ1n) is 14.5. The van der Waals surface area contributed by atoms with E-state index in [9.17, 15) is 24.6 Å². The summed E-state index contributed by atoms with van der Waals surface area (Å²) < 4.78 is 12.4. The van der Waals surface area contributed by atoms with Gasteiger partial charge in [0.25, 0.3) is 0 Å². The molecule has 3 atom stereocenters. The number of nitrogens with one attached hydrogen (secondary N) is 2. The van der Waals surface area contributed by atoms with Gasteiger partial charge in [-0.15, -0.1) is 0 Å². The summed E-state index contributed by atoms with van der Waals surface area (Å²) in [4.78, 5) is 43.6. The number of rotatable bonds is 12. The van der Waals surface area contributed by atoms with E-state index in [4.69, 9.17) is 9.47 Å². The summed E-state index contributed by atoms with van der Waals surface area (Å²) in [5.74, 6) is 0.0709. The van der Waals surface area contributed by atoms with Gasteiger partial charge in [-0.3, -0.25) is 14.4 Å². The molecule has 2 aliphatic carbocycles. The van der Waals surface area contributed by atoms with Crippen molar-refractivity contribution in [1.82, 2.24) is 15.2 Å². The van der Waals surface area contributed by atoms with E-state index in [0.717, 1.165) is 35.9 Å². The van der Waals surface area contributed by atoms with Gasteiger partial charge in [-0.1, -0.05) is 24.6 Å². The molecule has 10 nitrogen and oxygen atoms in total. The molecule has 1 aromatic heterocycles. The number of fused-ring (bicyclic) bond motifs is 1. The lowest BCUT2D eigenvalue weighted by Gasteiger charge is -2.43. The fraction of sp³-hybridized carbons (Fsp3) is 0.406. The first-order valence-corrected chi connectivity index (χ1v) is 15.5. The SMILES string of the molecule is COc1cc(C=O)cc(I)c1OC1C=C(C(=O)NCCO)CC(N(CCc2cc3ccccc3[nH]2)C(=O)C2CCC2)C1O. The van der Waals surface area contributed by atoms with E-state index >= 15 is 0 Å². The van der Waals surface area contributed by atoms with Crippen LogP contribution >= 0.6 is 22.6 Å². The van der Waals surface area contributed by atoms with E-state index in [-0.39, 0.29) is 31.4 Å². The highest BCUT2D eigenvalue weighted by Crippen LogP contribution is 2.38. The van der Waals surface area contributed by atoms with Crippen molar-refractivity contribution in [2.75, 3.05) is 26.8 Å². The molecule has 3 unspecified atom stereocenters. The highest BCUT2D eigenvalue weighted by molar-refractivity contribution is 14.1. The molecule has 2 amide bonds. The number of aromatic nitrogens is 1. The number of carbonyl (C=O) groups excluding carboxylic acids is 3. The van der Waals surface area contributed by atoms with Crippen LogP contribution in [-0.4, -0.2) is 83.3 Å². The van der Waals surface area contributed by atoms with E-state index < -0.39 is 24.2 Å². The van der Waals surface area contributed by atoms with E-state index in [2.05, 4.69) is 16.4 Å². The van der Waals surface area contributed by atoms with Gasteiger partial charge in [-0.05, 0) is 71.2 Å². The fourth-order valence-corrected chi connectivity index (χ4v) is 6.43. The number of carbonyl (C=O) groups is 3. The van der Waals surface area contributed by atoms with E-state index in [0.29, 0.717) is 45.5 Å². The van der Waals surface area contributed by atoms with Crippen molar-refractivity contribution >= 4 is 51.6 Å². The molecule has 1 fully saturated rings. The number of para-hydroxylation sites is 1. The first kappa shape index (κ1) is 31.0. The Hall–Kier alpha value is -3.42. The van der Waals surface area contributed by atoms with Gasteiger partial charge in [0.15, 0.2) is 11.5 Å². The van der Waals surface area contributed by atoms with Crippen LogP contribution in [0.1, 0.15) is 41.7 Å². The Morgan fingerprint density at radius 1 is 1.21 bits per heavy atom. The lowest BCUT2D eigenvalue weighted by Crippen LogP contribution is -2.57. The van der Waals surface area contributed by atoms with Crippen LogP contribution < -0.4 is 14.8 Å². The van der Waals surface area contributed by atoms with Crippen LogP contribution in [0.4, 0.5) is 0 Å². The molecular formula is C32H36IN3O7. The Morgan fingerprint density at radius 3 is 2.67 bits per heavy atom. The molecule has 0 radical (unpaired) electrons. The van der Waals surface area contributed by atoms with Crippen molar-refractivity contribution in [2.45, 2.75) is 50.4 Å². The largest absolute Gasteiger partial charge is 0.493 e. The zero-order valence-corrected chi connectivity index (χ0v) is 26.1. The predicted octanol–water partition coefficient (Wildman–Crippen LogP) is 3.38. The molecule has 1 heterocycles. The molecule has 0 saturated heterocycles. The number of aromatic amines is 1. The number of hydrogen-bond acceptors (Lipinski definition) is 7. The second-order valence-corrected chi connectivity index (χ2v) is 12.1. The van der Waals surface area contributed by atoms with Gasteiger partial charge in [0, 0.05) is 54.2 Å². The minimum Gasteiger partial charge on any atom is -0.493 e. The Labute approximate surface area is 263 Å². The van der Waals surface area contributed by atoms with Crippen molar-refractivity contribution in [3.8, 4) is 11.5 Å². The maximum atomic E-state index is 13.9. The van der Waals surface area contributed by atoms with Crippen LogP contribution in [0.3, 0.4) is 0 Å². The summed E-state index contributed by atoms with van der Waals surface area (Å²) in [5, 5.41) is 24.8. The topological polar surface area (TPSA) is 141 Å². The number of aldehydes is 1. The normalized spacial score (nSPS) is 20.2. The number of aliphatic hydroxyl groups excluding tert-OH is 2. The minimum atomic E-state index is -1.16. The van der Waals surface area contributed by atoms with Gasteiger partial charge in [-0.25, -0.2) is 0 Å². The molecule has 228 valence electrons. The predicted molar refractivity (Wildman–Crippen MR) is 169 cm³/mol. The van der Waals surface area contributed by atoms with Gasteiger partial charge in [-0.2, -0.15) is 0 Å². The minimum absolute atomic E-state index is 0.0373. The van der Waals surface area contributed by atoms with Crippen molar-refractivity contribution < 1.29 is 34.1 Å². The zero-order valence-electron chi connectivity index (χ0n) is 23.9. The fourth-order valence-electron chi connectivity index (χ4n) is 5.68. The van der Waals surface area contributed by atoms with Gasteiger partial charge < -0.3 is 34.9 Å². The molecule has 3 aromatic rings. The number of hydrogen-bond donors (Lipinski definition) is 4. The standard InChI is InChI=1S/C32H36IN3O7/c1-42-28-14-19(18-38)13-24(33)30(28)43-27-17-22(31(40)34-10-12-37)16-26(29(27)39)36(32(41)20-6-4-7-20)11-9-23-15-21-5-2-3-8-25(21)35-23/h2-3,5,8,13-15,17-18,20,26-27,29,35,37,39H,4,6-7,9-12,16H2,1H3,(H,34,40). The third kappa shape index (κ3) is 6.89. The maximum absolute atomic E-state index is 13.9. The van der Waals surface area contributed by atoms with E-state index in [1.807, 2.05) is 46.9 Å². The molecule has 5 rings (SSSR count). The Balaban J connectivity index is 1.47. The maximum Gasteiger partial charge on any atom is 0.247 e. The zero-order chi connectivity index (χ0) is 30.5. The molecule has 43 heavy (non-hydrogen) atoms. The number of H-pyrrole nitrogens is 1. The molecular weight excluding hydrogens is 665 g/mol. The highest BCUT2D eigenvalue weighted by Gasteiger charge is 2.43. The van der Waals surface area contributed by atoms with Crippen LogP contribution in [-0.2, 0) is 16.0 Å². The summed E-state index contributed by atoms with van der Waals surface area (Å²) in [6.07, 6.45) is 3.36. The van der Waals surface area contributed by atoms with Crippen LogP contribution in [0.25, 0.3) is 10.9 Å². The average molecular weight is 702 g/mol. The summed E-state index contributed by atoms with van der Waals surface area (Å²) in [6, 6.07) is 12.5. The lowest BCUT2D eigenvalue weighted by molar-refractivity contribution is -0.145. The summed E-state index contributed by atoms with van der Waals surface area (Å²) in [7, 11) is 1.46. The number of aliphatic hydroxyl groups is 2. The highest BCUT2D eigenvalue weighted by atomic mass is 127.